The van der Waals surface area contributed by atoms with Gasteiger partial charge in [0.25, 0.3) is 0 Å². The van der Waals surface area contributed by atoms with Crippen LogP contribution in [0.3, 0.4) is 0 Å². The molecule has 0 saturated carbocycles. The number of piperidine rings is 1. The first kappa shape index (κ1) is 11.3. The SMILES string of the molecule is N#CC1CCN(c2nc3ccc(N)cc3s2)CC1. The monoisotopic (exact) mass is 258 g/mol. The number of nitrogens with two attached hydrogens (primary N) is 1. The second-order valence-electron chi connectivity index (χ2n) is 4.61. The van der Waals surface area contributed by atoms with Crippen LogP contribution in [0.5, 0.6) is 0 Å². The number of nitrogens with zero attached hydrogens (tertiary/aromatic N) is 3. The second-order valence-corrected chi connectivity index (χ2v) is 5.62. The quantitative estimate of drug-likeness (QED) is 0.798. The average molecular weight is 258 g/mol. The summed E-state index contributed by atoms with van der Waals surface area (Å²) in [6.45, 7) is 1.85. The second kappa shape index (κ2) is 4.46. The molecule has 0 aliphatic carbocycles. The van der Waals surface area contributed by atoms with Crippen LogP contribution in [-0.4, -0.2) is 18.1 Å². The molecule has 0 spiro atoms. The van der Waals surface area contributed by atoms with Crippen LogP contribution >= 0.6 is 11.3 Å². The van der Waals surface area contributed by atoms with Crippen molar-refractivity contribution in [1.29, 1.82) is 5.26 Å². The summed E-state index contributed by atoms with van der Waals surface area (Å²) in [5.41, 5.74) is 7.56. The molecule has 3 rings (SSSR count). The lowest BCUT2D eigenvalue weighted by Gasteiger charge is -2.28. The summed E-state index contributed by atoms with van der Waals surface area (Å²) < 4.78 is 1.13. The summed E-state index contributed by atoms with van der Waals surface area (Å²) >= 11 is 1.68. The van der Waals surface area contributed by atoms with Gasteiger partial charge in [0.05, 0.1) is 16.3 Å². The summed E-state index contributed by atoms with van der Waals surface area (Å²) in [6, 6.07) is 8.17. The molecular weight excluding hydrogens is 244 g/mol. The van der Waals surface area contributed by atoms with Crippen LogP contribution in [0.25, 0.3) is 10.2 Å². The molecule has 2 N–H and O–H groups in total. The van der Waals surface area contributed by atoms with E-state index in [0.717, 1.165) is 47.0 Å². The molecule has 1 aromatic carbocycles. The highest BCUT2D eigenvalue weighted by atomic mass is 32.1. The average Bonchev–Trinajstić information content (AvgIpc) is 2.81. The molecular formula is C13H14N4S. The smallest absolute Gasteiger partial charge is 0.186 e. The minimum atomic E-state index is 0.214. The van der Waals surface area contributed by atoms with E-state index in [2.05, 4.69) is 16.0 Å². The van der Waals surface area contributed by atoms with E-state index in [1.807, 2.05) is 18.2 Å². The van der Waals surface area contributed by atoms with Crippen molar-refractivity contribution in [2.75, 3.05) is 23.7 Å². The van der Waals surface area contributed by atoms with Crippen LogP contribution in [0, 0.1) is 17.2 Å². The molecule has 1 aliphatic heterocycles. The zero-order valence-electron chi connectivity index (χ0n) is 9.97. The van der Waals surface area contributed by atoms with Gasteiger partial charge < -0.3 is 10.6 Å². The van der Waals surface area contributed by atoms with Crippen molar-refractivity contribution in [2.45, 2.75) is 12.8 Å². The highest BCUT2D eigenvalue weighted by Crippen LogP contribution is 2.32. The molecule has 0 radical (unpaired) electrons. The van der Waals surface area contributed by atoms with E-state index in [9.17, 15) is 0 Å². The summed E-state index contributed by atoms with van der Waals surface area (Å²) in [7, 11) is 0. The third-order valence-electron chi connectivity index (χ3n) is 3.35. The molecule has 18 heavy (non-hydrogen) atoms. The van der Waals surface area contributed by atoms with Crippen LogP contribution in [-0.2, 0) is 0 Å². The van der Waals surface area contributed by atoms with E-state index in [4.69, 9.17) is 11.0 Å². The van der Waals surface area contributed by atoms with Crippen LogP contribution in [0.1, 0.15) is 12.8 Å². The lowest BCUT2D eigenvalue weighted by molar-refractivity contribution is 0.487. The molecule has 1 saturated heterocycles. The minimum absolute atomic E-state index is 0.214. The van der Waals surface area contributed by atoms with E-state index < -0.39 is 0 Å². The first-order valence-corrected chi connectivity index (χ1v) is 6.88. The van der Waals surface area contributed by atoms with E-state index in [-0.39, 0.29) is 5.92 Å². The fourth-order valence-electron chi connectivity index (χ4n) is 2.26. The Labute approximate surface area is 110 Å². The van der Waals surface area contributed by atoms with Gasteiger partial charge in [-0.15, -0.1) is 0 Å². The molecule has 2 aromatic rings. The zero-order valence-corrected chi connectivity index (χ0v) is 10.8. The fourth-order valence-corrected chi connectivity index (χ4v) is 3.33. The summed E-state index contributed by atoms with van der Waals surface area (Å²) in [5, 5.41) is 9.95. The predicted molar refractivity (Wildman–Crippen MR) is 74.6 cm³/mol. The van der Waals surface area contributed by atoms with Crippen molar-refractivity contribution in [1.82, 2.24) is 4.98 Å². The van der Waals surface area contributed by atoms with E-state index in [1.165, 1.54) is 0 Å². The molecule has 0 bridgehead atoms. The van der Waals surface area contributed by atoms with Gasteiger partial charge >= 0.3 is 0 Å². The van der Waals surface area contributed by atoms with Gasteiger partial charge in [-0.05, 0) is 31.0 Å². The summed E-state index contributed by atoms with van der Waals surface area (Å²) in [6.07, 6.45) is 1.88. The number of hydrogen-bond donors (Lipinski definition) is 1. The summed E-state index contributed by atoms with van der Waals surface area (Å²) in [4.78, 5) is 6.91. The van der Waals surface area contributed by atoms with Gasteiger partial charge in [-0.1, -0.05) is 11.3 Å². The first-order valence-electron chi connectivity index (χ1n) is 6.07. The Morgan fingerprint density at radius 3 is 2.89 bits per heavy atom. The molecule has 0 atom stereocenters. The molecule has 4 nitrogen and oxygen atoms in total. The highest BCUT2D eigenvalue weighted by Gasteiger charge is 2.21. The third-order valence-corrected chi connectivity index (χ3v) is 4.43. The number of fused-ring (bicyclic) bond motifs is 1. The number of thiazole rings is 1. The number of rotatable bonds is 1. The molecule has 1 aliphatic rings. The number of anilines is 2. The van der Waals surface area contributed by atoms with Crippen molar-refractivity contribution in [3.63, 3.8) is 0 Å². The molecule has 0 unspecified atom stereocenters. The Balaban J connectivity index is 1.85. The van der Waals surface area contributed by atoms with Gasteiger partial charge in [0, 0.05) is 24.7 Å². The van der Waals surface area contributed by atoms with Crippen molar-refractivity contribution in [2.24, 2.45) is 5.92 Å². The van der Waals surface area contributed by atoms with Crippen LogP contribution in [0.2, 0.25) is 0 Å². The van der Waals surface area contributed by atoms with Gasteiger partial charge in [0.1, 0.15) is 0 Å². The maximum Gasteiger partial charge on any atom is 0.186 e. The van der Waals surface area contributed by atoms with Gasteiger partial charge in [0.2, 0.25) is 0 Å². The van der Waals surface area contributed by atoms with Crippen LogP contribution in [0.15, 0.2) is 18.2 Å². The van der Waals surface area contributed by atoms with E-state index >= 15 is 0 Å². The van der Waals surface area contributed by atoms with Gasteiger partial charge in [0.15, 0.2) is 5.13 Å². The number of nitrogen functional groups attached to an aromatic ring is 1. The first-order chi connectivity index (χ1) is 8.76. The van der Waals surface area contributed by atoms with E-state index in [1.54, 1.807) is 11.3 Å². The fraction of sp³-hybridized carbons (Fsp3) is 0.385. The largest absolute Gasteiger partial charge is 0.399 e. The lowest BCUT2D eigenvalue weighted by atomic mass is 9.99. The lowest BCUT2D eigenvalue weighted by Crippen LogP contribution is -2.33. The topological polar surface area (TPSA) is 65.9 Å². The van der Waals surface area contributed by atoms with Crippen molar-refractivity contribution in [3.05, 3.63) is 18.2 Å². The third kappa shape index (κ3) is 2.00. The van der Waals surface area contributed by atoms with Crippen molar-refractivity contribution >= 4 is 32.4 Å². The van der Waals surface area contributed by atoms with Crippen molar-refractivity contribution in [3.8, 4) is 6.07 Å². The normalized spacial score (nSPS) is 16.9. The van der Waals surface area contributed by atoms with Gasteiger partial charge in [-0.2, -0.15) is 5.26 Å². The minimum Gasteiger partial charge on any atom is -0.399 e. The van der Waals surface area contributed by atoms with Crippen LogP contribution in [0.4, 0.5) is 10.8 Å². The Bertz CT molecular complexity index is 605. The Kier molecular flexibility index (Phi) is 2.80. The Morgan fingerprint density at radius 1 is 1.39 bits per heavy atom. The molecule has 2 heterocycles. The molecule has 5 heteroatoms. The zero-order chi connectivity index (χ0) is 12.5. The number of nitriles is 1. The Morgan fingerprint density at radius 2 is 2.17 bits per heavy atom. The maximum atomic E-state index is 8.90. The predicted octanol–water partition coefficient (Wildman–Crippen LogP) is 2.62. The molecule has 0 amide bonds. The molecule has 92 valence electrons. The van der Waals surface area contributed by atoms with E-state index in [0.29, 0.717) is 0 Å². The van der Waals surface area contributed by atoms with Gasteiger partial charge in [-0.3, -0.25) is 0 Å². The molecule has 1 fully saturated rings. The standard InChI is InChI=1S/C13H14N4S/c14-8-9-3-5-17(6-4-9)13-16-11-2-1-10(15)7-12(11)18-13/h1-2,7,9H,3-6,15H2. The van der Waals surface area contributed by atoms with Gasteiger partial charge in [-0.25, -0.2) is 4.98 Å². The number of hydrogen-bond acceptors (Lipinski definition) is 5. The maximum absolute atomic E-state index is 8.90. The van der Waals surface area contributed by atoms with Crippen LogP contribution < -0.4 is 10.6 Å². The number of aromatic nitrogens is 1. The highest BCUT2D eigenvalue weighted by molar-refractivity contribution is 7.22. The summed E-state index contributed by atoms with van der Waals surface area (Å²) in [5.74, 6) is 0.214. The number of benzene rings is 1. The molecule has 1 aromatic heterocycles. The Hall–Kier alpha value is -1.80. The van der Waals surface area contributed by atoms with Crippen molar-refractivity contribution < 1.29 is 0 Å².